The van der Waals surface area contributed by atoms with Gasteiger partial charge >= 0.3 is 29.6 Å². The summed E-state index contributed by atoms with van der Waals surface area (Å²) in [6, 6.07) is 1.55. The summed E-state index contributed by atoms with van der Waals surface area (Å²) in [7, 11) is 0. The van der Waals surface area contributed by atoms with Crippen molar-refractivity contribution in [3.63, 3.8) is 0 Å². The van der Waals surface area contributed by atoms with E-state index in [-0.39, 0.29) is 47.2 Å². The maximum Gasteiger partial charge on any atom is 1.00 e. The molecule has 0 saturated carbocycles. The molecule has 0 unspecified atom stereocenters. The molecule has 1 aromatic rings. The minimum absolute atomic E-state index is 0. The van der Waals surface area contributed by atoms with Crippen molar-refractivity contribution < 1.29 is 49.4 Å². The second kappa shape index (κ2) is 7.00. The maximum atomic E-state index is 12.2. The van der Waals surface area contributed by atoms with Gasteiger partial charge in [-0.2, -0.15) is 5.10 Å². The fraction of sp³-hybridized carbons (Fsp3) is 0.562. The third kappa shape index (κ3) is 2.73. The van der Waals surface area contributed by atoms with Crippen molar-refractivity contribution in [2.75, 3.05) is 0 Å². The number of aliphatic hydroxyl groups excluding tert-OH is 1. The Morgan fingerprint density at radius 1 is 1.50 bits per heavy atom. The van der Waals surface area contributed by atoms with Crippen LogP contribution >= 0.6 is 0 Å². The second-order valence-electron chi connectivity index (χ2n) is 6.05. The molecule has 0 bridgehead atoms. The number of hydrogen-bond donors (Lipinski definition) is 1. The van der Waals surface area contributed by atoms with Crippen LogP contribution in [0, 0.1) is 5.92 Å². The Hall–Kier alpha value is -1.15. The largest absolute Gasteiger partial charge is 1.00 e. The van der Waals surface area contributed by atoms with Crippen LogP contribution in [0.25, 0.3) is 5.57 Å². The Labute approximate surface area is 162 Å². The van der Waals surface area contributed by atoms with Gasteiger partial charge in [0.2, 0.25) is 5.91 Å². The second-order valence-corrected chi connectivity index (χ2v) is 6.05. The van der Waals surface area contributed by atoms with Gasteiger partial charge in [-0.15, -0.1) is 0 Å². The minimum Gasteiger partial charge on any atom is -0.543 e. The molecule has 124 valence electrons. The summed E-state index contributed by atoms with van der Waals surface area (Å²) >= 11 is 0. The Kier molecular flexibility index (Phi) is 5.59. The average Bonchev–Trinajstić information content (AvgIpc) is 3.04. The van der Waals surface area contributed by atoms with E-state index < -0.39 is 18.0 Å². The zero-order valence-electron chi connectivity index (χ0n) is 14.4. The molecule has 0 radical (unpaired) electrons. The van der Waals surface area contributed by atoms with Gasteiger partial charge in [0, 0.05) is 17.8 Å². The van der Waals surface area contributed by atoms with Crippen molar-refractivity contribution in [1.29, 1.82) is 0 Å². The molecule has 1 aromatic heterocycles. The number of β-lactam (4-membered cyclic amide) rings is 1. The fourth-order valence-electron chi connectivity index (χ4n) is 3.65. The first-order chi connectivity index (χ1) is 10.9. The fourth-order valence-corrected chi connectivity index (χ4v) is 3.65. The van der Waals surface area contributed by atoms with Gasteiger partial charge in [0.15, 0.2) is 0 Å². The van der Waals surface area contributed by atoms with Crippen molar-refractivity contribution in [2.45, 2.75) is 52.3 Å². The minimum atomic E-state index is -1.37. The third-order valence-electron chi connectivity index (χ3n) is 4.76. The molecule has 1 saturated heterocycles. The quantitative estimate of drug-likeness (QED) is 0.443. The van der Waals surface area contributed by atoms with Gasteiger partial charge in [0.25, 0.3) is 0 Å². The first-order valence-corrected chi connectivity index (χ1v) is 7.93. The van der Waals surface area contributed by atoms with Crippen LogP contribution in [0.2, 0.25) is 0 Å². The molecule has 1 N–H and O–H groups in total. The van der Waals surface area contributed by atoms with Gasteiger partial charge in [-0.05, 0) is 32.8 Å². The molecule has 2 aliphatic rings. The standard InChI is InChI=1S/C16H21N3O4.Na/c1-4-9-6-11(17-18(9)5-2)10-7-12-13(8(3)20)15(21)19(12)14(10)16(22)23;/h6,8,12-13,20H,4-5,7H2,1-3H3,(H,22,23);/q;+1/p-1/t8-,12-,13-;/m1./s1. The molecular formula is C16H20N3NaO4. The van der Waals surface area contributed by atoms with E-state index in [1.165, 1.54) is 4.90 Å². The third-order valence-corrected chi connectivity index (χ3v) is 4.76. The van der Waals surface area contributed by atoms with E-state index in [9.17, 15) is 19.8 Å². The molecule has 0 aliphatic carbocycles. The summed E-state index contributed by atoms with van der Waals surface area (Å²) in [6.45, 7) is 6.23. The summed E-state index contributed by atoms with van der Waals surface area (Å²) in [5.74, 6) is -2.28. The summed E-state index contributed by atoms with van der Waals surface area (Å²) in [5, 5.41) is 25.8. The molecule has 8 heteroatoms. The van der Waals surface area contributed by atoms with Crippen LogP contribution in [0.1, 0.15) is 38.6 Å². The molecule has 1 fully saturated rings. The van der Waals surface area contributed by atoms with E-state index in [1.807, 2.05) is 24.6 Å². The number of aryl methyl sites for hydroxylation is 2. The van der Waals surface area contributed by atoms with Crippen molar-refractivity contribution in [2.24, 2.45) is 5.92 Å². The first kappa shape index (κ1) is 19.2. The molecule has 1 amide bonds. The summed E-state index contributed by atoms with van der Waals surface area (Å²) in [6.07, 6.45) is 0.372. The molecule has 24 heavy (non-hydrogen) atoms. The molecule has 7 nitrogen and oxygen atoms in total. The zero-order valence-corrected chi connectivity index (χ0v) is 16.4. The predicted octanol–water partition coefficient (Wildman–Crippen LogP) is -3.46. The van der Waals surface area contributed by atoms with Crippen molar-refractivity contribution in [3.8, 4) is 0 Å². The molecule has 0 aromatic carbocycles. The number of carboxylic acids is 1. The van der Waals surface area contributed by atoms with Crippen LogP contribution in [0.4, 0.5) is 0 Å². The molecule has 0 spiro atoms. The van der Waals surface area contributed by atoms with E-state index in [2.05, 4.69) is 5.10 Å². The predicted molar refractivity (Wildman–Crippen MR) is 79.6 cm³/mol. The Morgan fingerprint density at radius 3 is 2.62 bits per heavy atom. The molecule has 3 atom stereocenters. The van der Waals surface area contributed by atoms with Gasteiger partial charge in [0.1, 0.15) is 0 Å². The maximum absolute atomic E-state index is 12.2. The number of rotatable bonds is 5. The Balaban J connectivity index is 0.00000208. The topological polar surface area (TPSA) is 98.5 Å². The van der Waals surface area contributed by atoms with Gasteiger partial charge in [-0.25, -0.2) is 0 Å². The monoisotopic (exact) mass is 341 g/mol. The molecule has 3 heterocycles. The number of hydrogen-bond acceptors (Lipinski definition) is 5. The first-order valence-electron chi connectivity index (χ1n) is 7.93. The normalized spacial score (nSPS) is 23.7. The van der Waals surface area contributed by atoms with Crippen LogP contribution in [0.3, 0.4) is 0 Å². The van der Waals surface area contributed by atoms with Crippen molar-refractivity contribution >= 4 is 17.4 Å². The number of carbonyl (C=O) groups excluding carboxylic acids is 2. The molecular weight excluding hydrogens is 321 g/mol. The van der Waals surface area contributed by atoms with Crippen LogP contribution < -0.4 is 34.7 Å². The van der Waals surface area contributed by atoms with Gasteiger partial charge < -0.3 is 19.9 Å². The van der Waals surface area contributed by atoms with E-state index in [0.29, 0.717) is 24.2 Å². The Morgan fingerprint density at radius 2 is 2.17 bits per heavy atom. The number of aliphatic carboxylic acids is 1. The Bertz CT molecular complexity index is 689. The number of carbonyl (C=O) groups is 2. The van der Waals surface area contributed by atoms with Gasteiger partial charge in [-0.1, -0.05) is 6.92 Å². The molecule has 3 rings (SSSR count). The van der Waals surface area contributed by atoms with Gasteiger partial charge in [-0.3, -0.25) is 9.48 Å². The number of aliphatic hydroxyl groups is 1. The number of nitrogens with zero attached hydrogens (tertiary/aromatic N) is 3. The summed E-state index contributed by atoms with van der Waals surface area (Å²) in [4.78, 5) is 25.0. The SMILES string of the molecule is CCc1cc(C2=C(C(=O)[O-])N3C(=O)[C@H]([C@@H](C)O)[C@H]3C2)nn1CC.[Na+]. The van der Waals surface area contributed by atoms with E-state index >= 15 is 0 Å². The van der Waals surface area contributed by atoms with Gasteiger partial charge in [0.05, 0.1) is 35.4 Å². The number of carboxylic acid groups (broad SMARTS) is 1. The number of fused-ring (bicyclic) bond motifs is 1. The number of amides is 1. The van der Waals surface area contributed by atoms with Crippen LogP contribution in [-0.4, -0.2) is 43.8 Å². The summed E-state index contributed by atoms with van der Waals surface area (Å²) in [5.41, 5.74) is 2.02. The van der Waals surface area contributed by atoms with Crippen LogP contribution in [-0.2, 0) is 22.6 Å². The van der Waals surface area contributed by atoms with Crippen LogP contribution in [0.5, 0.6) is 0 Å². The average molecular weight is 341 g/mol. The van der Waals surface area contributed by atoms with Crippen molar-refractivity contribution in [3.05, 3.63) is 23.2 Å². The zero-order chi connectivity index (χ0) is 16.9. The van der Waals surface area contributed by atoms with E-state index in [4.69, 9.17) is 0 Å². The smallest absolute Gasteiger partial charge is 0.543 e. The summed E-state index contributed by atoms with van der Waals surface area (Å²) < 4.78 is 1.83. The van der Waals surface area contributed by atoms with Crippen molar-refractivity contribution in [1.82, 2.24) is 14.7 Å². The van der Waals surface area contributed by atoms with Crippen LogP contribution in [0.15, 0.2) is 11.8 Å². The molecule has 2 aliphatic heterocycles. The van der Waals surface area contributed by atoms with E-state index in [0.717, 1.165) is 12.1 Å². The van der Waals surface area contributed by atoms with E-state index in [1.54, 1.807) is 6.92 Å². The number of aromatic nitrogens is 2.